The highest BCUT2D eigenvalue weighted by atomic mass is 19.1. The first-order valence-corrected chi connectivity index (χ1v) is 5.64. The van der Waals surface area contributed by atoms with Gasteiger partial charge in [0.1, 0.15) is 5.82 Å². The predicted octanol–water partition coefficient (Wildman–Crippen LogP) is 1.91. The van der Waals surface area contributed by atoms with Crippen LogP contribution in [0.3, 0.4) is 0 Å². The van der Waals surface area contributed by atoms with E-state index < -0.39 is 0 Å². The number of methoxy groups -OCH3 is 1. The minimum atomic E-state index is -0.268. The monoisotopic (exact) mass is 239 g/mol. The summed E-state index contributed by atoms with van der Waals surface area (Å²) in [5.41, 5.74) is 0.833. The zero-order valence-corrected chi connectivity index (χ0v) is 10.2. The van der Waals surface area contributed by atoms with Crippen LogP contribution in [0.25, 0.3) is 0 Å². The van der Waals surface area contributed by atoms with Crippen molar-refractivity contribution in [1.29, 1.82) is 0 Å². The van der Waals surface area contributed by atoms with E-state index in [1.165, 1.54) is 12.1 Å². The Bertz CT molecular complexity index is 368. The molecule has 3 nitrogen and oxygen atoms in total. The number of amides is 1. The lowest BCUT2D eigenvalue weighted by Gasteiger charge is -2.12. The molecule has 0 aliphatic rings. The molecular formula is C13H18FNO2. The average molecular weight is 239 g/mol. The summed E-state index contributed by atoms with van der Waals surface area (Å²) in [6.07, 6.45) is 0.904. The third-order valence-corrected chi connectivity index (χ3v) is 2.35. The van der Waals surface area contributed by atoms with E-state index >= 15 is 0 Å². The number of rotatable bonds is 6. The summed E-state index contributed by atoms with van der Waals surface area (Å²) in [6.45, 7) is 2.37. The third kappa shape index (κ3) is 5.45. The number of nitrogens with one attached hydrogen (secondary N) is 1. The molecule has 0 aromatic heterocycles. The second-order valence-corrected chi connectivity index (χ2v) is 4.05. The summed E-state index contributed by atoms with van der Waals surface area (Å²) in [7, 11) is 1.59. The molecule has 1 rings (SSSR count). The van der Waals surface area contributed by atoms with E-state index in [4.69, 9.17) is 4.74 Å². The molecule has 0 spiro atoms. The van der Waals surface area contributed by atoms with Crippen LogP contribution in [-0.4, -0.2) is 25.7 Å². The van der Waals surface area contributed by atoms with Crippen molar-refractivity contribution in [2.75, 3.05) is 13.7 Å². The molecule has 1 unspecified atom stereocenters. The predicted molar refractivity (Wildman–Crippen MR) is 64.2 cm³/mol. The Labute approximate surface area is 101 Å². The third-order valence-electron chi connectivity index (χ3n) is 2.35. The number of hydrogen-bond donors (Lipinski definition) is 1. The van der Waals surface area contributed by atoms with Crippen molar-refractivity contribution in [1.82, 2.24) is 5.32 Å². The second-order valence-electron chi connectivity index (χ2n) is 4.05. The lowest BCUT2D eigenvalue weighted by atomic mass is 10.1. The van der Waals surface area contributed by atoms with Crippen molar-refractivity contribution < 1.29 is 13.9 Å². The quantitative estimate of drug-likeness (QED) is 0.823. The number of carbonyl (C=O) groups excluding carboxylic acids is 1. The first-order valence-electron chi connectivity index (χ1n) is 5.64. The minimum absolute atomic E-state index is 0.00000877. The number of hydrogen-bond acceptors (Lipinski definition) is 2. The maximum absolute atomic E-state index is 12.9. The van der Waals surface area contributed by atoms with E-state index in [2.05, 4.69) is 5.32 Å². The van der Waals surface area contributed by atoms with E-state index in [9.17, 15) is 9.18 Å². The van der Waals surface area contributed by atoms with Crippen LogP contribution in [0.1, 0.15) is 18.9 Å². The summed E-state index contributed by atoms with van der Waals surface area (Å²) in [4.78, 5) is 11.5. The molecule has 1 amide bonds. The number of aryl methyl sites for hydroxylation is 1. The summed E-state index contributed by atoms with van der Waals surface area (Å²) in [5, 5.41) is 2.81. The van der Waals surface area contributed by atoms with Crippen LogP contribution >= 0.6 is 0 Å². The van der Waals surface area contributed by atoms with Gasteiger partial charge >= 0.3 is 0 Å². The van der Waals surface area contributed by atoms with E-state index in [1.54, 1.807) is 13.2 Å². The van der Waals surface area contributed by atoms with Crippen molar-refractivity contribution in [3.8, 4) is 0 Å². The molecule has 1 aromatic rings. The summed E-state index contributed by atoms with van der Waals surface area (Å²) < 4.78 is 17.8. The van der Waals surface area contributed by atoms with Gasteiger partial charge < -0.3 is 10.1 Å². The zero-order valence-electron chi connectivity index (χ0n) is 10.2. The Morgan fingerprint density at radius 3 is 2.94 bits per heavy atom. The van der Waals surface area contributed by atoms with Gasteiger partial charge in [-0.05, 0) is 31.0 Å². The van der Waals surface area contributed by atoms with E-state index in [0.717, 1.165) is 5.56 Å². The molecule has 0 aliphatic heterocycles. The van der Waals surface area contributed by atoms with Gasteiger partial charge in [0.15, 0.2) is 0 Å². The molecular weight excluding hydrogens is 221 g/mol. The molecule has 0 radical (unpaired) electrons. The fraction of sp³-hybridized carbons (Fsp3) is 0.462. The molecule has 17 heavy (non-hydrogen) atoms. The minimum Gasteiger partial charge on any atom is -0.383 e. The van der Waals surface area contributed by atoms with Crippen molar-refractivity contribution >= 4 is 5.91 Å². The highest BCUT2D eigenvalue weighted by Crippen LogP contribution is 2.06. The summed E-state index contributed by atoms with van der Waals surface area (Å²) >= 11 is 0. The van der Waals surface area contributed by atoms with Crippen LogP contribution in [0.5, 0.6) is 0 Å². The molecule has 0 aliphatic carbocycles. The van der Waals surface area contributed by atoms with Crippen LogP contribution in [0.15, 0.2) is 24.3 Å². The van der Waals surface area contributed by atoms with Gasteiger partial charge in [-0.2, -0.15) is 0 Å². The zero-order chi connectivity index (χ0) is 12.7. The van der Waals surface area contributed by atoms with Crippen LogP contribution in [0.2, 0.25) is 0 Å². The van der Waals surface area contributed by atoms with Gasteiger partial charge in [0.25, 0.3) is 0 Å². The Hall–Kier alpha value is -1.42. The van der Waals surface area contributed by atoms with Gasteiger partial charge in [-0.25, -0.2) is 4.39 Å². The average Bonchev–Trinajstić information content (AvgIpc) is 2.27. The Balaban J connectivity index is 2.33. The topological polar surface area (TPSA) is 38.3 Å². The Morgan fingerprint density at radius 1 is 1.53 bits per heavy atom. The molecule has 0 bridgehead atoms. The SMILES string of the molecule is COCC(C)NC(=O)CCc1cccc(F)c1. The van der Waals surface area contributed by atoms with Gasteiger partial charge in [0.05, 0.1) is 6.61 Å². The standard InChI is InChI=1S/C13H18FNO2/c1-10(9-17-2)15-13(16)7-6-11-4-3-5-12(14)8-11/h3-5,8,10H,6-7,9H2,1-2H3,(H,15,16). The fourth-order valence-corrected chi connectivity index (χ4v) is 1.59. The van der Waals surface area contributed by atoms with E-state index in [1.807, 2.05) is 13.0 Å². The molecule has 1 aromatic carbocycles. The highest BCUT2D eigenvalue weighted by Gasteiger charge is 2.07. The molecule has 0 saturated carbocycles. The van der Waals surface area contributed by atoms with Gasteiger partial charge in [-0.1, -0.05) is 12.1 Å². The Kier molecular flexibility index (Phi) is 5.63. The second kappa shape index (κ2) is 7.01. The van der Waals surface area contributed by atoms with Crippen molar-refractivity contribution in [2.24, 2.45) is 0 Å². The molecule has 0 heterocycles. The van der Waals surface area contributed by atoms with Gasteiger partial charge in [-0.3, -0.25) is 4.79 Å². The molecule has 0 saturated heterocycles. The highest BCUT2D eigenvalue weighted by molar-refractivity contribution is 5.76. The van der Waals surface area contributed by atoms with Crippen LogP contribution in [0, 0.1) is 5.82 Å². The van der Waals surface area contributed by atoms with Crippen molar-refractivity contribution in [3.05, 3.63) is 35.6 Å². The maximum atomic E-state index is 12.9. The number of ether oxygens (including phenoxy) is 1. The summed E-state index contributed by atoms with van der Waals surface area (Å²) in [6, 6.07) is 6.31. The van der Waals surface area contributed by atoms with E-state index in [-0.39, 0.29) is 17.8 Å². The summed E-state index contributed by atoms with van der Waals surface area (Å²) in [5.74, 6) is -0.311. The number of carbonyl (C=O) groups is 1. The van der Waals surface area contributed by atoms with Gasteiger partial charge in [0, 0.05) is 19.6 Å². The van der Waals surface area contributed by atoms with E-state index in [0.29, 0.717) is 19.4 Å². The van der Waals surface area contributed by atoms with Crippen LogP contribution in [0.4, 0.5) is 4.39 Å². The van der Waals surface area contributed by atoms with Crippen LogP contribution < -0.4 is 5.32 Å². The molecule has 1 atom stereocenters. The van der Waals surface area contributed by atoms with Gasteiger partial charge in [-0.15, -0.1) is 0 Å². The number of benzene rings is 1. The largest absolute Gasteiger partial charge is 0.383 e. The smallest absolute Gasteiger partial charge is 0.220 e. The maximum Gasteiger partial charge on any atom is 0.220 e. The number of halogens is 1. The molecule has 0 fully saturated rings. The molecule has 4 heteroatoms. The van der Waals surface area contributed by atoms with Gasteiger partial charge in [0.2, 0.25) is 5.91 Å². The lowest BCUT2D eigenvalue weighted by molar-refractivity contribution is -0.122. The molecule has 94 valence electrons. The normalized spacial score (nSPS) is 12.2. The van der Waals surface area contributed by atoms with Crippen molar-refractivity contribution in [3.63, 3.8) is 0 Å². The first-order chi connectivity index (χ1) is 8.11. The fourth-order valence-electron chi connectivity index (χ4n) is 1.59. The first kappa shape index (κ1) is 13.6. The van der Waals surface area contributed by atoms with Crippen molar-refractivity contribution in [2.45, 2.75) is 25.8 Å². The lowest BCUT2D eigenvalue weighted by Crippen LogP contribution is -2.35. The molecule has 1 N–H and O–H groups in total. The Morgan fingerprint density at radius 2 is 2.29 bits per heavy atom. The van der Waals surface area contributed by atoms with Crippen LogP contribution in [-0.2, 0) is 16.0 Å².